The first-order valence-corrected chi connectivity index (χ1v) is 10.8. The van der Waals surface area contributed by atoms with E-state index in [1.54, 1.807) is 13.8 Å². The van der Waals surface area contributed by atoms with Crippen molar-refractivity contribution in [3.63, 3.8) is 0 Å². The molecule has 5 heterocycles. The molecule has 3 aromatic rings. The first-order chi connectivity index (χ1) is 16.3. The summed E-state index contributed by atoms with van der Waals surface area (Å²) in [6.07, 6.45) is 8.53. The molecule has 3 aromatic heterocycles. The van der Waals surface area contributed by atoms with Crippen molar-refractivity contribution >= 4 is 58.3 Å². The summed E-state index contributed by atoms with van der Waals surface area (Å²) < 4.78 is 0. The number of carbonyl (C=O) groups is 2. The molecule has 0 amide bonds. The van der Waals surface area contributed by atoms with Crippen molar-refractivity contribution in [1.29, 1.82) is 0 Å². The predicted molar refractivity (Wildman–Crippen MR) is 135 cm³/mol. The Labute approximate surface area is 213 Å². The second kappa shape index (κ2) is 13.1. The van der Waals surface area contributed by atoms with Crippen molar-refractivity contribution in [3.05, 3.63) is 71.3 Å². The molecule has 5 rings (SSSR count). The van der Waals surface area contributed by atoms with Crippen molar-refractivity contribution in [2.75, 3.05) is 0 Å². The van der Waals surface area contributed by atoms with E-state index >= 15 is 0 Å². The van der Waals surface area contributed by atoms with Crippen LogP contribution in [0.3, 0.4) is 0 Å². The van der Waals surface area contributed by atoms with Gasteiger partial charge in [-0.2, -0.15) is 0 Å². The van der Waals surface area contributed by atoms with E-state index in [0.29, 0.717) is 0 Å². The van der Waals surface area contributed by atoms with Crippen LogP contribution in [0.25, 0.3) is 46.4 Å². The topological polar surface area (TPSA) is 132 Å². The van der Waals surface area contributed by atoms with Crippen molar-refractivity contribution < 1.29 is 36.9 Å². The van der Waals surface area contributed by atoms with Gasteiger partial charge in [-0.1, -0.05) is 13.8 Å². The monoisotopic (exact) mass is 514 g/mol. The molecule has 0 aliphatic carbocycles. The van der Waals surface area contributed by atoms with Gasteiger partial charge in [-0.05, 0) is 72.8 Å². The van der Waals surface area contributed by atoms with E-state index in [-0.39, 0.29) is 29.9 Å². The van der Waals surface area contributed by atoms with E-state index < -0.39 is 11.9 Å². The normalized spacial score (nSPS) is 10.8. The number of carboxylic acid groups (broad SMARTS) is 2. The average Bonchev–Trinajstić information content (AvgIpc) is 3.60. The molecule has 9 heteroatoms. The molecule has 0 fully saturated rings. The Kier molecular flexibility index (Phi) is 10.2. The summed E-state index contributed by atoms with van der Waals surface area (Å²) in [6, 6.07) is 16.4. The third kappa shape index (κ3) is 8.73. The van der Waals surface area contributed by atoms with Crippen LogP contribution in [-0.2, 0) is 26.7 Å². The smallest absolute Gasteiger partial charge is 0.303 e. The van der Waals surface area contributed by atoms with Crippen LogP contribution in [0.15, 0.2) is 48.5 Å². The van der Waals surface area contributed by atoms with Gasteiger partial charge in [0, 0.05) is 52.0 Å². The largest absolute Gasteiger partial charge is 0.481 e. The van der Waals surface area contributed by atoms with Crippen molar-refractivity contribution in [3.8, 4) is 0 Å². The average molecular weight is 514 g/mol. The molecule has 8 nitrogen and oxygen atoms in total. The van der Waals surface area contributed by atoms with Gasteiger partial charge in [0.15, 0.2) is 0 Å². The zero-order valence-electron chi connectivity index (χ0n) is 19.3. The Morgan fingerprint density at radius 1 is 0.629 bits per heavy atom. The summed E-state index contributed by atoms with van der Waals surface area (Å²) in [5.41, 5.74) is 7.86. The zero-order valence-corrected chi connectivity index (χ0v) is 20.4. The van der Waals surface area contributed by atoms with Crippen molar-refractivity contribution in [2.45, 2.75) is 26.7 Å². The molecule has 2 aliphatic heterocycles. The fourth-order valence-corrected chi connectivity index (χ4v) is 2.94. The molecule has 0 unspecified atom stereocenters. The van der Waals surface area contributed by atoms with Crippen LogP contribution in [-0.4, -0.2) is 42.1 Å². The second-order valence-corrected chi connectivity index (χ2v) is 7.40. The molecule has 182 valence electrons. The van der Waals surface area contributed by atoms with Crippen LogP contribution in [0.1, 0.15) is 49.5 Å². The third-order valence-corrected chi connectivity index (χ3v) is 4.65. The van der Waals surface area contributed by atoms with E-state index in [9.17, 15) is 9.59 Å². The van der Waals surface area contributed by atoms with E-state index in [4.69, 9.17) is 10.2 Å². The van der Waals surface area contributed by atoms with Crippen LogP contribution < -0.4 is 0 Å². The number of hydrogen-bond donors (Lipinski definition) is 4. The van der Waals surface area contributed by atoms with Gasteiger partial charge in [0.2, 0.25) is 0 Å². The first kappa shape index (κ1) is 27.3. The molecule has 4 N–H and O–H groups in total. The summed E-state index contributed by atoms with van der Waals surface area (Å²) in [5, 5.41) is 15.4. The van der Waals surface area contributed by atoms with Gasteiger partial charge < -0.3 is 20.2 Å². The predicted octanol–water partition coefficient (Wildman–Crippen LogP) is 5.62. The summed E-state index contributed by atoms with van der Waals surface area (Å²) in [4.78, 5) is 34.8. The molecule has 0 saturated heterocycles. The quantitative estimate of drug-likeness (QED) is 0.226. The molecule has 8 bridgehead atoms. The summed E-state index contributed by atoms with van der Waals surface area (Å²) in [5.74, 6) is -1.49. The molecule has 0 atom stereocenters. The number of rotatable bonds is 2. The van der Waals surface area contributed by atoms with E-state index in [0.717, 1.165) is 44.8 Å². The van der Waals surface area contributed by atoms with Gasteiger partial charge in [-0.15, -0.1) is 0 Å². The maximum Gasteiger partial charge on any atom is 0.303 e. The van der Waals surface area contributed by atoms with Gasteiger partial charge >= 0.3 is 11.9 Å². The van der Waals surface area contributed by atoms with Crippen LogP contribution in [0.5, 0.6) is 0 Å². The molecule has 0 radical (unpaired) electrons. The van der Waals surface area contributed by atoms with Gasteiger partial charge in [-0.25, -0.2) is 9.97 Å². The van der Waals surface area contributed by atoms with E-state index in [2.05, 4.69) is 44.2 Å². The van der Waals surface area contributed by atoms with Crippen LogP contribution in [0.4, 0.5) is 0 Å². The summed E-state index contributed by atoms with van der Waals surface area (Å²) in [7, 11) is 0. The van der Waals surface area contributed by atoms with Crippen molar-refractivity contribution in [1.82, 2.24) is 19.9 Å². The second-order valence-electron chi connectivity index (χ2n) is 7.40. The summed E-state index contributed by atoms with van der Waals surface area (Å²) >= 11 is 0. The van der Waals surface area contributed by atoms with Gasteiger partial charge in [-0.3, -0.25) is 9.59 Å². The number of fused-ring (bicyclic) bond motifs is 8. The van der Waals surface area contributed by atoms with Gasteiger partial charge in [0.25, 0.3) is 0 Å². The third-order valence-electron chi connectivity index (χ3n) is 4.65. The molecule has 0 spiro atoms. The zero-order chi connectivity index (χ0) is 24.5. The SMILES string of the molecule is C1=Cc2cc3ccc(cc4nc(cc5ccc(cc1n2)[nH]5)C=C4)[nH]3.CCC(=O)O.CCC(=O)O.[Fe]. The Balaban J connectivity index is 0.000000337. The molecule has 0 aromatic carbocycles. The van der Waals surface area contributed by atoms with Crippen LogP contribution in [0.2, 0.25) is 0 Å². The minimum Gasteiger partial charge on any atom is -0.481 e. The number of aromatic nitrogens is 4. The Hall–Kier alpha value is -3.94. The van der Waals surface area contributed by atoms with Crippen molar-refractivity contribution in [2.24, 2.45) is 0 Å². The minimum absolute atomic E-state index is 0. The number of carboxylic acids is 2. The molecule has 2 aliphatic rings. The minimum atomic E-state index is -0.745. The number of aromatic amines is 2. The summed E-state index contributed by atoms with van der Waals surface area (Å²) in [6.45, 7) is 3.20. The Bertz CT molecular complexity index is 1210. The molecule has 35 heavy (non-hydrogen) atoms. The Morgan fingerprint density at radius 2 is 0.857 bits per heavy atom. The fraction of sp³-hybridized carbons (Fsp3) is 0.154. The number of hydrogen-bond acceptors (Lipinski definition) is 4. The number of nitrogens with one attached hydrogen (secondary N) is 2. The molecular weight excluding hydrogens is 488 g/mol. The standard InChI is InChI=1S/C20H14N4.2C3H6O2.Fe/c1-2-14-10-16-5-6-18(23-16)12-20-8-7-19(24-20)11-17-4-3-15(22-17)9-13(1)21-14;2*1-2-3(4)5;/h1-12,21,24H;2*2H2,1H3,(H,4,5);. The molecular formula is C26H26FeN4O4. The number of nitrogens with zero attached hydrogens (tertiary/aromatic N) is 2. The first-order valence-electron chi connectivity index (χ1n) is 10.8. The van der Waals surface area contributed by atoms with Gasteiger partial charge in [0.1, 0.15) is 0 Å². The fourth-order valence-electron chi connectivity index (χ4n) is 2.94. The van der Waals surface area contributed by atoms with E-state index in [1.807, 2.05) is 48.6 Å². The number of aliphatic carboxylic acids is 2. The van der Waals surface area contributed by atoms with E-state index in [1.165, 1.54) is 0 Å². The Morgan fingerprint density at radius 3 is 1.06 bits per heavy atom. The molecule has 0 saturated carbocycles. The number of H-pyrrole nitrogens is 2. The van der Waals surface area contributed by atoms with Gasteiger partial charge in [0.05, 0.1) is 22.8 Å². The maximum atomic E-state index is 9.37. The maximum absolute atomic E-state index is 9.37. The van der Waals surface area contributed by atoms with Crippen LogP contribution >= 0.6 is 0 Å². The van der Waals surface area contributed by atoms with Crippen LogP contribution in [0, 0.1) is 0 Å².